The van der Waals surface area contributed by atoms with Crippen LogP contribution in [-0.4, -0.2) is 43.9 Å². The molecule has 2 fully saturated rings. The summed E-state index contributed by atoms with van der Waals surface area (Å²) in [6.45, 7) is 4.94. The van der Waals surface area contributed by atoms with E-state index >= 15 is 0 Å². The lowest BCUT2D eigenvalue weighted by molar-refractivity contribution is -0.130. The molecule has 2 N–H and O–H groups in total. The van der Waals surface area contributed by atoms with Crippen molar-refractivity contribution in [1.29, 1.82) is 0 Å². The molecule has 1 aromatic carbocycles. The third kappa shape index (κ3) is 4.35. The third-order valence-electron chi connectivity index (χ3n) is 5.10. The Morgan fingerprint density at radius 2 is 2.00 bits per heavy atom. The van der Waals surface area contributed by atoms with Gasteiger partial charge in [-0.05, 0) is 38.2 Å². The number of rotatable bonds is 6. The van der Waals surface area contributed by atoms with E-state index in [1.807, 2.05) is 6.07 Å². The van der Waals surface area contributed by atoms with E-state index in [0.717, 1.165) is 38.9 Å². The Kier molecular flexibility index (Phi) is 5.87. The molecule has 0 bridgehead atoms. The van der Waals surface area contributed by atoms with Crippen LogP contribution in [-0.2, 0) is 14.3 Å². The van der Waals surface area contributed by atoms with E-state index in [1.165, 1.54) is 5.56 Å². The summed E-state index contributed by atoms with van der Waals surface area (Å²) in [4.78, 5) is 12.3. The number of ether oxygens (including phenoxy) is 2. The lowest BCUT2D eigenvalue weighted by Crippen LogP contribution is -2.57. The zero-order chi connectivity index (χ0) is 16.8. The van der Waals surface area contributed by atoms with Crippen molar-refractivity contribution in [3.05, 3.63) is 35.9 Å². The third-order valence-corrected chi connectivity index (χ3v) is 5.10. The van der Waals surface area contributed by atoms with Gasteiger partial charge < -0.3 is 20.1 Å². The molecular formula is C19H28N2O3. The molecule has 2 aliphatic rings. The minimum absolute atomic E-state index is 0.0209. The number of hydrogen-bond acceptors (Lipinski definition) is 4. The summed E-state index contributed by atoms with van der Waals surface area (Å²) in [5.74, 6) is 0.0209. The molecular weight excluding hydrogens is 304 g/mol. The molecule has 1 aromatic rings. The van der Waals surface area contributed by atoms with Gasteiger partial charge in [0.15, 0.2) is 0 Å². The summed E-state index contributed by atoms with van der Waals surface area (Å²) >= 11 is 0. The number of carbonyl (C=O) groups excluding carboxylic acids is 1. The first-order valence-electron chi connectivity index (χ1n) is 8.98. The van der Waals surface area contributed by atoms with E-state index in [-0.39, 0.29) is 23.6 Å². The highest BCUT2D eigenvalue weighted by molar-refractivity contribution is 5.81. The van der Waals surface area contributed by atoms with E-state index in [4.69, 9.17) is 9.47 Å². The molecule has 2 heterocycles. The largest absolute Gasteiger partial charge is 0.381 e. The van der Waals surface area contributed by atoms with E-state index in [1.54, 1.807) is 0 Å². The molecule has 0 unspecified atom stereocenters. The Balaban J connectivity index is 1.62. The van der Waals surface area contributed by atoms with Gasteiger partial charge in [-0.1, -0.05) is 30.3 Å². The minimum atomic E-state index is -0.270. The molecule has 5 nitrogen and oxygen atoms in total. The molecule has 0 spiro atoms. The first kappa shape index (κ1) is 17.4. The smallest absolute Gasteiger partial charge is 0.249 e. The monoisotopic (exact) mass is 332 g/mol. The quantitative estimate of drug-likeness (QED) is 0.838. The second-order valence-electron chi connectivity index (χ2n) is 6.89. The van der Waals surface area contributed by atoms with Crippen LogP contribution in [0.2, 0.25) is 0 Å². The van der Waals surface area contributed by atoms with E-state index in [2.05, 4.69) is 41.8 Å². The summed E-state index contributed by atoms with van der Waals surface area (Å²) in [7, 11) is 0. The predicted octanol–water partition coefficient (Wildman–Crippen LogP) is 2.18. The molecule has 0 aromatic heterocycles. The summed E-state index contributed by atoms with van der Waals surface area (Å²) in [5, 5.41) is 6.87. The van der Waals surface area contributed by atoms with Crippen molar-refractivity contribution in [1.82, 2.24) is 10.6 Å². The van der Waals surface area contributed by atoms with Gasteiger partial charge in [0.1, 0.15) is 6.10 Å². The van der Waals surface area contributed by atoms with Crippen LogP contribution in [0.3, 0.4) is 0 Å². The Labute approximate surface area is 144 Å². The molecule has 0 saturated carbocycles. The van der Waals surface area contributed by atoms with Crippen molar-refractivity contribution in [2.24, 2.45) is 0 Å². The summed E-state index contributed by atoms with van der Waals surface area (Å²) in [6, 6.07) is 10.6. The van der Waals surface area contributed by atoms with Crippen LogP contribution in [0.1, 0.15) is 44.2 Å². The summed E-state index contributed by atoms with van der Waals surface area (Å²) in [6.07, 6.45) is 3.33. The lowest BCUT2D eigenvalue weighted by atomic mass is 9.88. The van der Waals surface area contributed by atoms with Crippen LogP contribution in [0.25, 0.3) is 0 Å². The molecule has 3 rings (SSSR count). The second-order valence-corrected chi connectivity index (χ2v) is 6.89. The molecule has 2 aliphatic heterocycles. The van der Waals surface area contributed by atoms with Gasteiger partial charge in [-0.15, -0.1) is 0 Å². The maximum Gasteiger partial charge on any atom is 0.249 e. The zero-order valence-corrected chi connectivity index (χ0v) is 14.4. The topological polar surface area (TPSA) is 59.6 Å². The second kappa shape index (κ2) is 8.10. The predicted molar refractivity (Wildman–Crippen MR) is 92.8 cm³/mol. The lowest BCUT2D eigenvalue weighted by Gasteiger charge is -2.40. The summed E-state index contributed by atoms with van der Waals surface area (Å²) in [5.41, 5.74) is 1.13. The molecule has 24 heavy (non-hydrogen) atoms. The van der Waals surface area contributed by atoms with Crippen molar-refractivity contribution in [2.75, 3.05) is 26.4 Å². The van der Waals surface area contributed by atoms with Crippen LogP contribution in [0.15, 0.2) is 30.3 Å². The average Bonchev–Trinajstić information content (AvgIpc) is 3.16. The van der Waals surface area contributed by atoms with E-state index < -0.39 is 0 Å². The first-order valence-corrected chi connectivity index (χ1v) is 8.98. The molecule has 0 aliphatic carbocycles. The van der Waals surface area contributed by atoms with Crippen molar-refractivity contribution in [3.8, 4) is 0 Å². The number of nitrogens with one attached hydrogen (secondary N) is 2. The average molecular weight is 332 g/mol. The fourth-order valence-corrected chi connectivity index (χ4v) is 3.57. The van der Waals surface area contributed by atoms with E-state index in [0.29, 0.717) is 13.2 Å². The molecule has 1 amide bonds. The standard InChI is InChI=1S/C19H28N2O3/c1-15(16-6-3-2-4-7-16)21-19(9-12-23-13-10-19)14-20-18(22)17-8-5-11-24-17/h2-4,6-7,15,17,21H,5,8-14H2,1H3,(H,20,22)/t15-,17+/m0/s1. The van der Waals surface area contributed by atoms with Gasteiger partial charge in [-0.25, -0.2) is 0 Å². The highest BCUT2D eigenvalue weighted by Gasteiger charge is 2.35. The molecule has 132 valence electrons. The van der Waals surface area contributed by atoms with E-state index in [9.17, 15) is 4.79 Å². The van der Waals surface area contributed by atoms with Crippen LogP contribution in [0.5, 0.6) is 0 Å². The SMILES string of the molecule is C[C@H](NC1(CNC(=O)[C@H]2CCCO2)CCOCC1)c1ccccc1. The molecule has 2 saturated heterocycles. The highest BCUT2D eigenvalue weighted by Crippen LogP contribution is 2.25. The van der Waals surface area contributed by atoms with Crippen LogP contribution >= 0.6 is 0 Å². The van der Waals surface area contributed by atoms with Crippen LogP contribution in [0.4, 0.5) is 0 Å². The van der Waals surface area contributed by atoms with Gasteiger partial charge in [-0.2, -0.15) is 0 Å². The van der Waals surface area contributed by atoms with Crippen LogP contribution in [0, 0.1) is 0 Å². The zero-order valence-electron chi connectivity index (χ0n) is 14.4. The Hall–Kier alpha value is -1.43. The van der Waals surface area contributed by atoms with Gasteiger partial charge in [0.2, 0.25) is 5.91 Å². The van der Waals surface area contributed by atoms with Crippen molar-refractivity contribution in [3.63, 3.8) is 0 Å². The van der Waals surface area contributed by atoms with Gasteiger partial charge >= 0.3 is 0 Å². The fraction of sp³-hybridized carbons (Fsp3) is 0.632. The van der Waals surface area contributed by atoms with Gasteiger partial charge in [-0.3, -0.25) is 4.79 Å². The Bertz CT molecular complexity index is 523. The Morgan fingerprint density at radius 3 is 2.67 bits per heavy atom. The number of carbonyl (C=O) groups is 1. The maximum absolute atomic E-state index is 12.3. The number of amides is 1. The molecule has 5 heteroatoms. The number of benzene rings is 1. The van der Waals surface area contributed by atoms with Crippen LogP contribution < -0.4 is 10.6 Å². The highest BCUT2D eigenvalue weighted by atomic mass is 16.5. The molecule has 0 radical (unpaired) electrons. The molecule has 2 atom stereocenters. The van der Waals surface area contributed by atoms with Crippen molar-refractivity contribution >= 4 is 5.91 Å². The van der Waals surface area contributed by atoms with Gasteiger partial charge in [0.25, 0.3) is 0 Å². The van der Waals surface area contributed by atoms with Crippen molar-refractivity contribution in [2.45, 2.75) is 50.3 Å². The van der Waals surface area contributed by atoms with Crippen molar-refractivity contribution < 1.29 is 14.3 Å². The Morgan fingerprint density at radius 1 is 1.25 bits per heavy atom. The normalized spacial score (nSPS) is 24.5. The fourth-order valence-electron chi connectivity index (χ4n) is 3.57. The minimum Gasteiger partial charge on any atom is -0.381 e. The van der Waals surface area contributed by atoms with Gasteiger partial charge in [0.05, 0.1) is 0 Å². The van der Waals surface area contributed by atoms with Gasteiger partial charge in [0, 0.05) is 37.9 Å². The maximum atomic E-state index is 12.3. The summed E-state index contributed by atoms with van der Waals surface area (Å²) < 4.78 is 11.0. The number of hydrogen-bond donors (Lipinski definition) is 2. The first-order chi connectivity index (χ1) is 11.7.